The molecule has 1 rings (SSSR count). The van der Waals surface area contributed by atoms with Gasteiger partial charge in [-0.3, -0.25) is 0 Å². The van der Waals surface area contributed by atoms with Crippen molar-refractivity contribution in [3.05, 3.63) is 34.2 Å². The predicted molar refractivity (Wildman–Crippen MR) is 63.6 cm³/mol. The highest BCUT2D eigenvalue weighted by Crippen LogP contribution is 2.30. The topological polar surface area (TPSA) is 68.8 Å². The number of methoxy groups -OCH3 is 1. The molecule has 0 spiro atoms. The van der Waals surface area contributed by atoms with Crippen molar-refractivity contribution in [3.63, 3.8) is 0 Å². The maximum absolute atomic E-state index is 13.5. The third kappa shape index (κ3) is 3.20. The second-order valence-electron chi connectivity index (χ2n) is 2.89. The van der Waals surface area contributed by atoms with E-state index in [2.05, 4.69) is 21.2 Å². The first-order valence-electron chi connectivity index (χ1n) is 4.42. The molecule has 86 valence electrons. The van der Waals surface area contributed by atoms with Crippen LogP contribution in [0.5, 0.6) is 5.75 Å². The van der Waals surface area contributed by atoms with Gasteiger partial charge in [-0.2, -0.15) is 10.5 Å². The van der Waals surface area contributed by atoms with E-state index >= 15 is 0 Å². The monoisotopic (exact) mass is 295 g/mol. The van der Waals surface area contributed by atoms with Crippen LogP contribution in [0.3, 0.4) is 0 Å². The van der Waals surface area contributed by atoms with Crippen molar-refractivity contribution in [2.45, 2.75) is 0 Å². The van der Waals surface area contributed by atoms with Crippen LogP contribution in [0, 0.1) is 28.5 Å². The fourth-order valence-corrected chi connectivity index (χ4v) is 1.51. The number of benzene rings is 1. The van der Waals surface area contributed by atoms with Crippen molar-refractivity contribution in [3.8, 4) is 17.9 Å². The number of nitrogens with zero attached hydrogens (tertiary/aromatic N) is 2. The number of rotatable bonds is 3. The second-order valence-corrected chi connectivity index (χ2v) is 3.75. The average Bonchev–Trinajstić information content (AvgIpc) is 2.32. The van der Waals surface area contributed by atoms with Crippen LogP contribution >= 0.6 is 15.9 Å². The van der Waals surface area contributed by atoms with Crippen LogP contribution in [0.1, 0.15) is 0 Å². The van der Waals surface area contributed by atoms with Crippen LogP contribution in [0.2, 0.25) is 0 Å². The number of nitriles is 2. The van der Waals surface area contributed by atoms with E-state index in [0.717, 1.165) is 6.20 Å². The molecule has 1 aromatic rings. The molecule has 0 amide bonds. The first-order chi connectivity index (χ1) is 8.12. The van der Waals surface area contributed by atoms with Crippen LogP contribution in [0.15, 0.2) is 28.4 Å². The van der Waals surface area contributed by atoms with Crippen molar-refractivity contribution in [1.29, 1.82) is 10.5 Å². The summed E-state index contributed by atoms with van der Waals surface area (Å²) in [6, 6.07) is 5.96. The third-order valence-electron chi connectivity index (χ3n) is 1.85. The highest BCUT2D eigenvalue weighted by molar-refractivity contribution is 9.10. The highest BCUT2D eigenvalue weighted by Gasteiger charge is 2.07. The number of anilines is 1. The van der Waals surface area contributed by atoms with Gasteiger partial charge in [0.1, 0.15) is 29.3 Å². The number of nitrogens with one attached hydrogen (secondary N) is 1. The lowest BCUT2D eigenvalue weighted by atomic mass is 10.2. The quantitative estimate of drug-likeness (QED) is 0.871. The molecule has 0 aliphatic heterocycles. The van der Waals surface area contributed by atoms with Crippen LogP contribution in [-0.2, 0) is 0 Å². The van der Waals surface area contributed by atoms with Crippen molar-refractivity contribution >= 4 is 21.6 Å². The van der Waals surface area contributed by atoms with Gasteiger partial charge >= 0.3 is 0 Å². The molecule has 4 nitrogen and oxygen atoms in total. The molecule has 0 aliphatic rings. The highest BCUT2D eigenvalue weighted by atomic mass is 79.9. The molecule has 6 heteroatoms. The van der Waals surface area contributed by atoms with E-state index in [4.69, 9.17) is 15.3 Å². The first kappa shape index (κ1) is 13.0. The van der Waals surface area contributed by atoms with Gasteiger partial charge in [0.15, 0.2) is 0 Å². The van der Waals surface area contributed by atoms with Crippen molar-refractivity contribution in [2.24, 2.45) is 0 Å². The van der Waals surface area contributed by atoms with Gasteiger partial charge in [-0.1, -0.05) is 0 Å². The Bertz CT molecular complexity index is 527. The minimum Gasteiger partial charge on any atom is -0.495 e. The third-order valence-corrected chi connectivity index (χ3v) is 2.47. The molecule has 0 atom stereocenters. The molecule has 0 aromatic heterocycles. The zero-order chi connectivity index (χ0) is 12.8. The van der Waals surface area contributed by atoms with E-state index in [9.17, 15) is 4.39 Å². The summed E-state index contributed by atoms with van der Waals surface area (Å²) in [5.74, 6) is -0.0816. The van der Waals surface area contributed by atoms with Crippen molar-refractivity contribution in [1.82, 2.24) is 0 Å². The molecular weight excluding hydrogens is 289 g/mol. The van der Waals surface area contributed by atoms with Crippen LogP contribution in [-0.4, -0.2) is 7.11 Å². The largest absolute Gasteiger partial charge is 0.495 e. The molecule has 1 aromatic carbocycles. The zero-order valence-electron chi connectivity index (χ0n) is 8.79. The number of hydrogen-bond donors (Lipinski definition) is 1. The molecule has 1 N–H and O–H groups in total. The molecule has 0 heterocycles. The molecular formula is C11H7BrFN3O. The number of hydrogen-bond acceptors (Lipinski definition) is 4. The van der Waals surface area contributed by atoms with Gasteiger partial charge in [0, 0.05) is 12.3 Å². The Hall–Kier alpha value is -2.05. The van der Waals surface area contributed by atoms with Gasteiger partial charge in [-0.25, -0.2) is 4.39 Å². The average molecular weight is 296 g/mol. The SMILES string of the molecule is COc1cc(NC=C(C#N)C#N)c(F)cc1Br. The molecule has 0 fully saturated rings. The molecule has 0 unspecified atom stereocenters. The number of ether oxygens (including phenoxy) is 1. The zero-order valence-corrected chi connectivity index (χ0v) is 10.4. The second kappa shape index (κ2) is 5.88. The lowest BCUT2D eigenvalue weighted by molar-refractivity contribution is 0.411. The predicted octanol–water partition coefficient (Wildman–Crippen LogP) is 2.94. The van der Waals surface area contributed by atoms with Gasteiger partial charge in [-0.15, -0.1) is 0 Å². The molecule has 17 heavy (non-hydrogen) atoms. The Labute approximate surface area is 106 Å². The number of halogens is 2. The van der Waals surface area contributed by atoms with E-state index in [1.54, 1.807) is 12.1 Å². The first-order valence-corrected chi connectivity index (χ1v) is 5.21. The van der Waals surface area contributed by atoms with E-state index in [1.807, 2.05) is 0 Å². The van der Waals surface area contributed by atoms with Crippen molar-refractivity contribution in [2.75, 3.05) is 12.4 Å². The van der Waals surface area contributed by atoms with E-state index in [0.29, 0.717) is 10.2 Å². The standard InChI is InChI=1S/C11H7BrFN3O/c1-17-11-3-10(9(13)2-8(11)12)16-6-7(4-14)5-15/h2-3,6,16H,1H3. The van der Waals surface area contributed by atoms with Crippen LogP contribution < -0.4 is 10.1 Å². The summed E-state index contributed by atoms with van der Waals surface area (Å²) in [7, 11) is 1.45. The summed E-state index contributed by atoms with van der Waals surface area (Å²) < 4.78 is 19.0. The van der Waals surface area contributed by atoms with Gasteiger partial charge in [0.05, 0.1) is 17.3 Å². The summed E-state index contributed by atoms with van der Waals surface area (Å²) in [6.45, 7) is 0. The normalized spacial score (nSPS) is 8.76. The fraction of sp³-hybridized carbons (Fsp3) is 0.0909. The molecule has 0 bridgehead atoms. The smallest absolute Gasteiger partial charge is 0.148 e. The van der Waals surface area contributed by atoms with Crippen LogP contribution in [0.4, 0.5) is 10.1 Å². The van der Waals surface area contributed by atoms with Gasteiger partial charge in [0.2, 0.25) is 0 Å². The minimum absolute atomic E-state index is 0.119. The number of allylic oxidation sites excluding steroid dienone is 1. The molecule has 0 saturated carbocycles. The van der Waals surface area contributed by atoms with Crippen molar-refractivity contribution < 1.29 is 9.13 Å². The lowest BCUT2D eigenvalue weighted by Gasteiger charge is -2.07. The van der Waals surface area contributed by atoms with E-state index < -0.39 is 5.82 Å². The van der Waals surface area contributed by atoms with Crippen LogP contribution in [0.25, 0.3) is 0 Å². The van der Waals surface area contributed by atoms with E-state index in [-0.39, 0.29) is 11.3 Å². The Morgan fingerprint density at radius 1 is 1.47 bits per heavy atom. The minimum atomic E-state index is -0.524. The fourth-order valence-electron chi connectivity index (χ4n) is 1.04. The Morgan fingerprint density at radius 3 is 2.65 bits per heavy atom. The van der Waals surface area contributed by atoms with Gasteiger partial charge < -0.3 is 10.1 Å². The summed E-state index contributed by atoms with van der Waals surface area (Å²) in [4.78, 5) is 0. The lowest BCUT2D eigenvalue weighted by Crippen LogP contribution is -1.95. The molecule has 0 radical (unpaired) electrons. The molecule has 0 saturated heterocycles. The summed E-state index contributed by atoms with van der Waals surface area (Å²) >= 11 is 3.14. The Kier molecular flexibility index (Phi) is 4.50. The maximum Gasteiger partial charge on any atom is 0.148 e. The summed E-state index contributed by atoms with van der Waals surface area (Å²) in [5, 5.41) is 19.6. The maximum atomic E-state index is 13.5. The Balaban J connectivity index is 3.05. The summed E-state index contributed by atoms with van der Waals surface area (Å²) in [6.07, 6.45) is 1.13. The Morgan fingerprint density at radius 2 is 2.12 bits per heavy atom. The summed E-state index contributed by atoms with van der Waals surface area (Å²) in [5.41, 5.74) is -0.0284. The molecule has 0 aliphatic carbocycles. The van der Waals surface area contributed by atoms with E-state index in [1.165, 1.54) is 19.2 Å². The van der Waals surface area contributed by atoms with Gasteiger partial charge in [-0.05, 0) is 22.0 Å². The van der Waals surface area contributed by atoms with Gasteiger partial charge in [0.25, 0.3) is 0 Å².